The van der Waals surface area contributed by atoms with E-state index in [-0.39, 0.29) is 32.7 Å². The van der Waals surface area contributed by atoms with Crippen LogP contribution in [0.4, 0.5) is 0 Å². The van der Waals surface area contributed by atoms with Crippen molar-refractivity contribution in [1.29, 1.82) is 0 Å². The Labute approximate surface area is 204 Å². The molecule has 0 saturated carbocycles. The summed E-state index contributed by atoms with van der Waals surface area (Å²) in [7, 11) is 1.41. The summed E-state index contributed by atoms with van der Waals surface area (Å²) in [6.07, 6.45) is 0. The highest BCUT2D eigenvalue weighted by molar-refractivity contribution is 6.46. The molecule has 1 saturated heterocycles. The summed E-state index contributed by atoms with van der Waals surface area (Å²) >= 11 is 12.4. The van der Waals surface area contributed by atoms with Crippen molar-refractivity contribution in [2.24, 2.45) is 0 Å². The third-order valence-electron chi connectivity index (χ3n) is 5.92. The molecule has 2 aromatic rings. The highest BCUT2D eigenvalue weighted by atomic mass is 35.5. The number of likely N-dealkylation sites (N-methyl/N-ethyl adjacent to an activating group) is 1. The maximum atomic E-state index is 13.2. The summed E-state index contributed by atoms with van der Waals surface area (Å²) in [5, 5.41) is 11.8. The van der Waals surface area contributed by atoms with Crippen molar-refractivity contribution in [3.63, 3.8) is 0 Å². The number of nitrogens with zero attached hydrogens (tertiary/aromatic N) is 2. The van der Waals surface area contributed by atoms with E-state index in [1.807, 2.05) is 45.0 Å². The monoisotopic (exact) mass is 490 g/mol. The van der Waals surface area contributed by atoms with Gasteiger partial charge in [-0.05, 0) is 37.7 Å². The van der Waals surface area contributed by atoms with Crippen molar-refractivity contribution in [3.05, 3.63) is 68.7 Å². The lowest BCUT2D eigenvalue weighted by Crippen LogP contribution is -2.38. The van der Waals surface area contributed by atoms with Crippen LogP contribution in [0.5, 0.6) is 5.75 Å². The Hall–Kier alpha value is -2.54. The van der Waals surface area contributed by atoms with Crippen molar-refractivity contribution < 1.29 is 19.4 Å². The molecule has 0 bridgehead atoms. The van der Waals surface area contributed by atoms with E-state index in [1.165, 1.54) is 24.1 Å². The fourth-order valence-corrected chi connectivity index (χ4v) is 4.75. The molecule has 1 unspecified atom stereocenters. The second-order valence-electron chi connectivity index (χ2n) is 7.90. The molecule has 1 heterocycles. The molecule has 0 aliphatic carbocycles. The molecule has 0 aromatic heterocycles. The van der Waals surface area contributed by atoms with Crippen LogP contribution in [-0.2, 0) is 9.59 Å². The lowest BCUT2D eigenvalue weighted by atomic mass is 9.94. The minimum absolute atomic E-state index is 0.0122. The third-order valence-corrected chi connectivity index (χ3v) is 6.42. The van der Waals surface area contributed by atoms with Gasteiger partial charge in [0.25, 0.3) is 11.7 Å². The molecule has 1 N–H and O–H groups in total. The number of Topliss-reactive ketones (excluding diaryl/α,β-unsaturated/α-hetero) is 1. The number of aliphatic hydroxyl groups excluding tert-OH is 1. The van der Waals surface area contributed by atoms with Crippen LogP contribution in [0.1, 0.15) is 36.6 Å². The average molecular weight is 491 g/mol. The normalized spacial score (nSPS) is 17.8. The third kappa shape index (κ3) is 5.03. The smallest absolute Gasteiger partial charge is 0.295 e. The number of rotatable bonds is 8. The Morgan fingerprint density at radius 1 is 1.15 bits per heavy atom. The van der Waals surface area contributed by atoms with E-state index in [1.54, 1.807) is 0 Å². The van der Waals surface area contributed by atoms with Crippen LogP contribution < -0.4 is 4.74 Å². The Kier molecular flexibility index (Phi) is 8.05. The summed E-state index contributed by atoms with van der Waals surface area (Å²) in [6.45, 7) is 8.63. The Morgan fingerprint density at radius 3 is 2.45 bits per heavy atom. The molecule has 1 aliphatic rings. The quantitative estimate of drug-likeness (QED) is 0.317. The van der Waals surface area contributed by atoms with Gasteiger partial charge in [-0.15, -0.1) is 0 Å². The fourth-order valence-electron chi connectivity index (χ4n) is 4.18. The molecule has 6 nitrogen and oxygen atoms in total. The van der Waals surface area contributed by atoms with Crippen LogP contribution >= 0.6 is 23.2 Å². The van der Waals surface area contributed by atoms with Gasteiger partial charge in [0, 0.05) is 18.1 Å². The van der Waals surface area contributed by atoms with E-state index >= 15 is 0 Å². The number of carbonyl (C=O) groups is 2. The highest BCUT2D eigenvalue weighted by Gasteiger charge is 2.46. The summed E-state index contributed by atoms with van der Waals surface area (Å²) in [4.78, 5) is 30.1. The molecule has 1 atom stereocenters. The number of likely N-dealkylation sites (tertiary alicyclic amines) is 1. The summed E-state index contributed by atoms with van der Waals surface area (Å²) in [6, 6.07) is 9.78. The molecule has 1 fully saturated rings. The zero-order valence-corrected chi connectivity index (χ0v) is 20.7. The Balaban J connectivity index is 2.20. The minimum Gasteiger partial charge on any atom is -0.507 e. The van der Waals surface area contributed by atoms with Crippen molar-refractivity contribution in [3.8, 4) is 5.75 Å². The van der Waals surface area contributed by atoms with Crippen molar-refractivity contribution in [2.75, 3.05) is 33.3 Å². The molecule has 1 aliphatic heterocycles. The number of aliphatic hydroxyl groups is 1. The first-order chi connectivity index (χ1) is 15.7. The predicted molar refractivity (Wildman–Crippen MR) is 131 cm³/mol. The van der Waals surface area contributed by atoms with Crippen molar-refractivity contribution in [1.82, 2.24) is 9.80 Å². The van der Waals surface area contributed by atoms with Crippen LogP contribution in [0.2, 0.25) is 10.0 Å². The van der Waals surface area contributed by atoms with E-state index in [4.69, 9.17) is 27.9 Å². The number of amides is 1. The first-order valence-corrected chi connectivity index (χ1v) is 11.6. The summed E-state index contributed by atoms with van der Waals surface area (Å²) in [5.41, 5.74) is 1.86. The molecule has 0 spiro atoms. The zero-order valence-electron chi connectivity index (χ0n) is 19.2. The Bertz CT molecular complexity index is 1100. The number of aryl methyl sites for hydroxylation is 1. The molecular weight excluding hydrogens is 463 g/mol. The number of hydrogen-bond donors (Lipinski definition) is 1. The van der Waals surface area contributed by atoms with Gasteiger partial charge in [-0.3, -0.25) is 9.59 Å². The van der Waals surface area contributed by atoms with E-state index in [9.17, 15) is 14.7 Å². The highest BCUT2D eigenvalue weighted by Crippen LogP contribution is 2.43. The number of hydrogen-bond acceptors (Lipinski definition) is 5. The summed E-state index contributed by atoms with van der Waals surface area (Å²) in [5.74, 6) is -1.60. The maximum absolute atomic E-state index is 13.2. The number of halogens is 2. The van der Waals surface area contributed by atoms with E-state index < -0.39 is 17.7 Å². The molecule has 3 rings (SSSR count). The second kappa shape index (κ2) is 10.6. The van der Waals surface area contributed by atoms with Crippen LogP contribution in [0, 0.1) is 6.92 Å². The van der Waals surface area contributed by atoms with Gasteiger partial charge in [0.2, 0.25) is 0 Å². The number of benzene rings is 2. The molecule has 1 amide bonds. The molecule has 33 heavy (non-hydrogen) atoms. The van der Waals surface area contributed by atoms with Crippen LogP contribution in [0.3, 0.4) is 0 Å². The number of methoxy groups -OCH3 is 1. The first-order valence-electron chi connectivity index (χ1n) is 10.8. The number of ether oxygens (including phenoxy) is 1. The lowest BCUT2D eigenvalue weighted by Gasteiger charge is -2.28. The first kappa shape index (κ1) is 25.1. The Morgan fingerprint density at radius 2 is 1.85 bits per heavy atom. The molecule has 176 valence electrons. The zero-order chi connectivity index (χ0) is 24.3. The number of ketones is 1. The van der Waals surface area contributed by atoms with Gasteiger partial charge < -0.3 is 19.6 Å². The topological polar surface area (TPSA) is 70.1 Å². The van der Waals surface area contributed by atoms with Gasteiger partial charge in [-0.1, -0.05) is 66.9 Å². The SMILES string of the molecule is CCN(CC)CCN1C(=O)C(=O)/C(=C(/O)c2cc(Cl)cc(Cl)c2OC)C1c1cccc(C)c1. The molecule has 0 radical (unpaired) electrons. The predicted octanol–water partition coefficient (Wildman–Crippen LogP) is 5.07. The fraction of sp³-hybridized carbons (Fsp3) is 0.360. The van der Waals surface area contributed by atoms with E-state index in [0.29, 0.717) is 13.1 Å². The van der Waals surface area contributed by atoms with Crippen LogP contribution in [0.15, 0.2) is 42.0 Å². The van der Waals surface area contributed by atoms with Crippen LogP contribution in [-0.4, -0.2) is 59.9 Å². The molecule has 8 heteroatoms. The van der Waals surface area contributed by atoms with Crippen LogP contribution in [0.25, 0.3) is 5.76 Å². The largest absolute Gasteiger partial charge is 0.507 e. The minimum atomic E-state index is -0.753. The van der Waals surface area contributed by atoms with Crippen molar-refractivity contribution >= 4 is 40.7 Å². The molecule has 2 aromatic carbocycles. The van der Waals surface area contributed by atoms with Gasteiger partial charge in [-0.25, -0.2) is 0 Å². The van der Waals surface area contributed by atoms with Gasteiger partial charge in [0.05, 0.1) is 29.3 Å². The van der Waals surface area contributed by atoms with E-state index in [2.05, 4.69) is 4.90 Å². The van der Waals surface area contributed by atoms with Crippen molar-refractivity contribution in [2.45, 2.75) is 26.8 Å². The average Bonchev–Trinajstić information content (AvgIpc) is 3.03. The standard InChI is InChI=1S/C25H28Cl2N2O4/c1-5-28(6-2)10-11-29-21(16-9-7-8-15(3)12-16)20(23(31)25(29)32)22(30)18-13-17(26)14-19(27)24(18)33-4/h7-9,12-14,21,30H,5-6,10-11H2,1-4H3/b22-20+. The second-order valence-corrected chi connectivity index (χ2v) is 8.75. The summed E-state index contributed by atoms with van der Waals surface area (Å²) < 4.78 is 5.37. The lowest BCUT2D eigenvalue weighted by molar-refractivity contribution is -0.140. The molecular formula is C25H28Cl2N2O4. The maximum Gasteiger partial charge on any atom is 0.295 e. The van der Waals surface area contributed by atoms with Gasteiger partial charge >= 0.3 is 0 Å². The van der Waals surface area contributed by atoms with E-state index in [0.717, 1.165) is 24.2 Å². The van der Waals surface area contributed by atoms with Gasteiger partial charge in [0.1, 0.15) is 11.5 Å². The number of carbonyl (C=O) groups excluding carboxylic acids is 2. The van der Waals surface area contributed by atoms with Gasteiger partial charge in [-0.2, -0.15) is 0 Å². The van der Waals surface area contributed by atoms with Gasteiger partial charge in [0.15, 0.2) is 0 Å².